The maximum Gasteiger partial charge on any atom is 0.270 e. The molecule has 1 amide bonds. The Morgan fingerprint density at radius 3 is 2.57 bits per heavy atom. The van der Waals surface area contributed by atoms with E-state index in [1.807, 2.05) is 6.07 Å². The smallest absolute Gasteiger partial charge is 0.270 e. The second kappa shape index (κ2) is 6.43. The number of amides is 1. The van der Waals surface area contributed by atoms with Crippen LogP contribution in [0.4, 0.5) is 5.69 Å². The molecule has 2 aromatic rings. The van der Waals surface area contributed by atoms with Gasteiger partial charge in [-0.15, -0.1) is 11.3 Å². The third-order valence-corrected chi connectivity index (χ3v) is 4.29. The summed E-state index contributed by atoms with van der Waals surface area (Å²) in [6.45, 7) is 0.392. The summed E-state index contributed by atoms with van der Waals surface area (Å²) in [7, 11) is 1.63. The van der Waals surface area contributed by atoms with E-state index in [-0.39, 0.29) is 22.2 Å². The molecular weight excluding hydrogens is 335 g/mol. The first kappa shape index (κ1) is 15.8. The van der Waals surface area contributed by atoms with E-state index in [4.69, 9.17) is 23.2 Å². The number of nitro groups is 1. The van der Waals surface area contributed by atoms with Gasteiger partial charge in [0.25, 0.3) is 11.6 Å². The van der Waals surface area contributed by atoms with Gasteiger partial charge in [0.2, 0.25) is 0 Å². The van der Waals surface area contributed by atoms with Crippen molar-refractivity contribution in [3.8, 4) is 0 Å². The Hall–Kier alpha value is -1.63. The van der Waals surface area contributed by atoms with Crippen LogP contribution in [-0.2, 0) is 6.54 Å². The van der Waals surface area contributed by atoms with E-state index in [2.05, 4.69) is 0 Å². The first-order valence-corrected chi connectivity index (χ1v) is 7.39. The van der Waals surface area contributed by atoms with Crippen LogP contribution in [0.25, 0.3) is 0 Å². The Morgan fingerprint density at radius 1 is 1.33 bits per heavy atom. The molecule has 0 aliphatic rings. The number of non-ortho nitro benzene ring substituents is 1. The quantitative estimate of drug-likeness (QED) is 0.615. The van der Waals surface area contributed by atoms with Crippen LogP contribution < -0.4 is 0 Å². The Morgan fingerprint density at radius 2 is 2.05 bits per heavy atom. The summed E-state index contributed by atoms with van der Waals surface area (Å²) in [6, 6.07) is 7.40. The summed E-state index contributed by atoms with van der Waals surface area (Å²) in [5.74, 6) is -0.306. The molecule has 0 atom stereocenters. The minimum Gasteiger partial charge on any atom is -0.337 e. The second-order valence-corrected chi connectivity index (χ2v) is 6.50. The van der Waals surface area contributed by atoms with E-state index < -0.39 is 4.92 Å². The summed E-state index contributed by atoms with van der Waals surface area (Å²) in [5.41, 5.74) is 0.0802. The van der Waals surface area contributed by atoms with Crippen molar-refractivity contribution in [2.45, 2.75) is 6.54 Å². The van der Waals surface area contributed by atoms with E-state index >= 15 is 0 Å². The molecule has 2 rings (SSSR count). The molecule has 0 spiro atoms. The number of carbonyl (C=O) groups excluding carboxylic acids is 1. The minimum atomic E-state index is -0.558. The van der Waals surface area contributed by atoms with E-state index in [9.17, 15) is 14.9 Å². The van der Waals surface area contributed by atoms with Gasteiger partial charge in [-0.05, 0) is 18.2 Å². The first-order valence-electron chi connectivity index (χ1n) is 5.82. The molecule has 21 heavy (non-hydrogen) atoms. The normalized spacial score (nSPS) is 10.4. The Balaban J connectivity index is 2.17. The highest BCUT2D eigenvalue weighted by molar-refractivity contribution is 7.16. The number of halogens is 2. The van der Waals surface area contributed by atoms with Gasteiger partial charge in [-0.3, -0.25) is 14.9 Å². The third-order valence-electron chi connectivity index (χ3n) is 2.76. The molecule has 1 heterocycles. The highest BCUT2D eigenvalue weighted by Crippen LogP contribution is 2.26. The van der Waals surface area contributed by atoms with Crippen LogP contribution in [0.15, 0.2) is 30.3 Å². The molecule has 0 unspecified atom stereocenters. The number of nitro benzene ring substituents is 1. The molecule has 0 saturated heterocycles. The molecule has 0 saturated carbocycles. The molecule has 0 aliphatic heterocycles. The van der Waals surface area contributed by atoms with Crippen molar-refractivity contribution in [3.63, 3.8) is 0 Å². The monoisotopic (exact) mass is 344 g/mol. The van der Waals surface area contributed by atoms with Gasteiger partial charge in [-0.2, -0.15) is 0 Å². The Labute approximate surface area is 134 Å². The SMILES string of the molecule is CN(Cc1ccc(Cl)s1)C(=O)c1ccc([N+](=O)[O-])cc1Cl. The molecule has 1 aromatic heterocycles. The average Bonchev–Trinajstić information content (AvgIpc) is 2.83. The van der Waals surface area contributed by atoms with Crippen LogP contribution in [0, 0.1) is 10.1 Å². The second-order valence-electron chi connectivity index (χ2n) is 4.29. The maximum absolute atomic E-state index is 12.3. The maximum atomic E-state index is 12.3. The van der Waals surface area contributed by atoms with Gasteiger partial charge in [0, 0.05) is 24.1 Å². The van der Waals surface area contributed by atoms with E-state index in [0.717, 1.165) is 4.88 Å². The predicted octanol–water partition coefficient (Wildman–Crippen LogP) is 4.24. The van der Waals surface area contributed by atoms with Crippen molar-refractivity contribution in [1.29, 1.82) is 0 Å². The van der Waals surface area contributed by atoms with Crippen LogP contribution >= 0.6 is 34.5 Å². The van der Waals surface area contributed by atoms with Gasteiger partial charge >= 0.3 is 0 Å². The van der Waals surface area contributed by atoms with Crippen LogP contribution in [0.3, 0.4) is 0 Å². The number of hydrogen-bond donors (Lipinski definition) is 0. The zero-order valence-corrected chi connectivity index (χ0v) is 13.2. The number of carbonyl (C=O) groups is 1. The average molecular weight is 345 g/mol. The zero-order valence-electron chi connectivity index (χ0n) is 10.9. The summed E-state index contributed by atoms with van der Waals surface area (Å²) in [4.78, 5) is 24.8. The lowest BCUT2D eigenvalue weighted by Gasteiger charge is -2.16. The highest BCUT2D eigenvalue weighted by Gasteiger charge is 2.18. The molecule has 0 aliphatic carbocycles. The van der Waals surface area contributed by atoms with E-state index in [0.29, 0.717) is 10.9 Å². The van der Waals surface area contributed by atoms with Crippen LogP contribution in [0.5, 0.6) is 0 Å². The lowest BCUT2D eigenvalue weighted by Crippen LogP contribution is -2.26. The summed E-state index contributed by atoms with van der Waals surface area (Å²) < 4.78 is 0.652. The largest absolute Gasteiger partial charge is 0.337 e. The highest BCUT2D eigenvalue weighted by atomic mass is 35.5. The summed E-state index contributed by atoms with van der Waals surface area (Å²) in [6.07, 6.45) is 0. The lowest BCUT2D eigenvalue weighted by molar-refractivity contribution is -0.384. The number of rotatable bonds is 4. The topological polar surface area (TPSA) is 63.5 Å². The van der Waals surface area contributed by atoms with Crippen LogP contribution in [-0.4, -0.2) is 22.8 Å². The van der Waals surface area contributed by atoms with Crippen LogP contribution in [0.1, 0.15) is 15.2 Å². The molecule has 5 nitrogen and oxygen atoms in total. The molecule has 8 heteroatoms. The van der Waals surface area contributed by atoms with Gasteiger partial charge in [0.1, 0.15) is 0 Å². The minimum absolute atomic E-state index is 0.0604. The Kier molecular flexibility index (Phi) is 4.82. The van der Waals surface area contributed by atoms with Gasteiger partial charge < -0.3 is 4.90 Å². The van der Waals surface area contributed by atoms with Crippen LogP contribution in [0.2, 0.25) is 9.36 Å². The molecule has 0 N–H and O–H groups in total. The van der Waals surface area contributed by atoms with E-state index in [1.165, 1.54) is 34.4 Å². The van der Waals surface area contributed by atoms with Crippen molar-refractivity contribution in [3.05, 3.63) is 60.2 Å². The lowest BCUT2D eigenvalue weighted by atomic mass is 10.2. The van der Waals surface area contributed by atoms with E-state index in [1.54, 1.807) is 13.1 Å². The molecule has 0 fully saturated rings. The number of nitrogens with zero attached hydrogens (tertiary/aromatic N) is 2. The van der Waals surface area contributed by atoms with Gasteiger partial charge in [0.05, 0.1) is 26.4 Å². The molecule has 110 valence electrons. The van der Waals surface area contributed by atoms with Crippen molar-refractivity contribution < 1.29 is 9.72 Å². The third kappa shape index (κ3) is 3.72. The standard InChI is InChI=1S/C13H10Cl2N2O3S/c1-16(7-9-3-5-12(15)21-9)13(18)10-4-2-8(17(19)20)6-11(10)14/h2-6H,7H2,1H3. The fraction of sp³-hybridized carbons (Fsp3) is 0.154. The predicted molar refractivity (Wildman–Crippen MR) is 83.2 cm³/mol. The molecule has 0 bridgehead atoms. The van der Waals surface area contributed by atoms with Crippen molar-refractivity contribution in [2.75, 3.05) is 7.05 Å². The Bertz CT molecular complexity index is 702. The molecule has 1 aromatic carbocycles. The van der Waals surface area contributed by atoms with Gasteiger partial charge in [-0.1, -0.05) is 23.2 Å². The summed E-state index contributed by atoms with van der Waals surface area (Å²) in [5, 5.41) is 10.7. The fourth-order valence-corrected chi connectivity index (χ4v) is 3.14. The van der Waals surface area contributed by atoms with Crippen molar-refractivity contribution >= 4 is 46.1 Å². The van der Waals surface area contributed by atoms with Crippen molar-refractivity contribution in [1.82, 2.24) is 4.90 Å². The van der Waals surface area contributed by atoms with Crippen molar-refractivity contribution in [2.24, 2.45) is 0 Å². The fourth-order valence-electron chi connectivity index (χ4n) is 1.74. The molecular formula is C13H10Cl2N2O3S. The zero-order chi connectivity index (χ0) is 15.6. The molecule has 0 radical (unpaired) electrons. The van der Waals surface area contributed by atoms with Gasteiger partial charge in [0.15, 0.2) is 0 Å². The number of benzene rings is 1. The number of thiophene rings is 1. The van der Waals surface area contributed by atoms with Gasteiger partial charge in [-0.25, -0.2) is 0 Å². The summed E-state index contributed by atoms with van der Waals surface area (Å²) >= 11 is 13.2. The first-order chi connectivity index (χ1) is 9.88. The number of hydrogen-bond acceptors (Lipinski definition) is 4.